The van der Waals surface area contributed by atoms with Gasteiger partial charge in [0, 0.05) is 44.5 Å². The molecule has 1 saturated heterocycles. The minimum absolute atomic E-state index is 0.110. The van der Waals surface area contributed by atoms with Crippen molar-refractivity contribution in [2.75, 3.05) is 44.8 Å². The molecule has 2 aromatic heterocycles. The van der Waals surface area contributed by atoms with E-state index in [1.165, 1.54) is 5.69 Å². The molecular formula is C26H31N7O2. The summed E-state index contributed by atoms with van der Waals surface area (Å²) in [5.74, 6) is 0.657. The summed E-state index contributed by atoms with van der Waals surface area (Å²) in [6, 6.07) is 16.3. The third-order valence-electron chi connectivity index (χ3n) is 6.73. The molecule has 35 heavy (non-hydrogen) atoms. The number of para-hydroxylation sites is 1. The van der Waals surface area contributed by atoms with Crippen molar-refractivity contribution in [3.8, 4) is 0 Å². The zero-order valence-electron chi connectivity index (χ0n) is 20.4. The van der Waals surface area contributed by atoms with Crippen LogP contribution in [0.2, 0.25) is 0 Å². The van der Waals surface area contributed by atoms with Crippen LogP contribution in [0.4, 0.5) is 5.69 Å². The van der Waals surface area contributed by atoms with E-state index in [2.05, 4.69) is 73.6 Å². The number of fused-ring (bicyclic) bond motifs is 1. The van der Waals surface area contributed by atoms with E-state index in [1.54, 1.807) is 11.8 Å². The molecule has 0 radical (unpaired) electrons. The van der Waals surface area contributed by atoms with Gasteiger partial charge in [-0.15, -0.1) is 5.10 Å². The Kier molecular flexibility index (Phi) is 6.61. The van der Waals surface area contributed by atoms with Crippen LogP contribution in [0.15, 0.2) is 53.3 Å². The van der Waals surface area contributed by atoms with E-state index >= 15 is 0 Å². The van der Waals surface area contributed by atoms with E-state index in [0.717, 1.165) is 48.2 Å². The Hall–Kier alpha value is -3.56. The molecule has 1 aliphatic heterocycles. The molecule has 1 fully saturated rings. The van der Waals surface area contributed by atoms with Gasteiger partial charge in [-0.3, -0.25) is 9.69 Å². The number of aromatic amines is 1. The zero-order valence-corrected chi connectivity index (χ0v) is 20.4. The third kappa shape index (κ3) is 4.69. The predicted molar refractivity (Wildman–Crippen MR) is 136 cm³/mol. The van der Waals surface area contributed by atoms with Gasteiger partial charge in [-0.1, -0.05) is 29.8 Å². The molecule has 9 heteroatoms. The van der Waals surface area contributed by atoms with Crippen molar-refractivity contribution in [1.29, 1.82) is 0 Å². The highest BCUT2D eigenvalue weighted by Crippen LogP contribution is 2.29. The Bertz CT molecular complexity index is 1360. The number of nitrogens with zero attached hydrogens (tertiary/aromatic N) is 6. The standard InChI is InChI=1S/C26H31N7O2/c1-18-15-19(2)23-20(16-18)17-22(26(34)27-23)24(25-28-29-30-33(25)13-14-35-3)32-11-9-31(10-12-32)21-7-5-4-6-8-21/h4-8,15-17,24H,9-14H2,1-3H3,(H,27,34). The number of hydrogen-bond donors (Lipinski definition) is 1. The van der Waals surface area contributed by atoms with Crippen molar-refractivity contribution in [2.24, 2.45) is 0 Å². The van der Waals surface area contributed by atoms with Gasteiger partial charge in [0.25, 0.3) is 5.56 Å². The molecule has 0 bridgehead atoms. The van der Waals surface area contributed by atoms with Crippen LogP contribution < -0.4 is 10.5 Å². The van der Waals surface area contributed by atoms with Crippen LogP contribution in [0.1, 0.15) is 28.6 Å². The molecule has 1 unspecified atom stereocenters. The number of ether oxygens (including phenoxy) is 1. The number of aromatic nitrogens is 5. The Morgan fingerprint density at radius 1 is 1.06 bits per heavy atom. The lowest BCUT2D eigenvalue weighted by atomic mass is 10.00. The number of pyridine rings is 1. The fourth-order valence-electron chi connectivity index (χ4n) is 5.03. The van der Waals surface area contributed by atoms with Crippen LogP contribution in [0.25, 0.3) is 10.9 Å². The summed E-state index contributed by atoms with van der Waals surface area (Å²) in [7, 11) is 1.66. The van der Waals surface area contributed by atoms with Crippen LogP contribution in [0.5, 0.6) is 0 Å². The van der Waals surface area contributed by atoms with Crippen molar-refractivity contribution in [3.63, 3.8) is 0 Å². The number of benzene rings is 2. The van der Waals surface area contributed by atoms with Crippen molar-refractivity contribution in [2.45, 2.75) is 26.4 Å². The number of H-pyrrole nitrogens is 1. The quantitative estimate of drug-likeness (QED) is 0.441. The maximum absolute atomic E-state index is 13.5. The van der Waals surface area contributed by atoms with Gasteiger partial charge in [0.1, 0.15) is 6.04 Å². The van der Waals surface area contributed by atoms with E-state index in [-0.39, 0.29) is 11.6 Å². The first-order valence-corrected chi connectivity index (χ1v) is 12.0. The number of rotatable bonds is 7. The minimum atomic E-state index is -0.367. The molecule has 0 amide bonds. The van der Waals surface area contributed by atoms with Gasteiger partial charge in [0.15, 0.2) is 5.82 Å². The van der Waals surface area contributed by atoms with Gasteiger partial charge >= 0.3 is 0 Å². The molecule has 9 nitrogen and oxygen atoms in total. The van der Waals surface area contributed by atoms with Crippen LogP contribution in [-0.4, -0.2) is 70.0 Å². The lowest BCUT2D eigenvalue weighted by Crippen LogP contribution is -2.49. The molecule has 1 atom stereocenters. The summed E-state index contributed by atoms with van der Waals surface area (Å²) >= 11 is 0. The highest BCUT2D eigenvalue weighted by atomic mass is 16.5. The molecule has 5 rings (SSSR count). The van der Waals surface area contributed by atoms with Crippen molar-refractivity contribution < 1.29 is 4.74 Å². The van der Waals surface area contributed by atoms with Crippen LogP contribution >= 0.6 is 0 Å². The maximum Gasteiger partial charge on any atom is 0.253 e. The monoisotopic (exact) mass is 473 g/mol. The third-order valence-corrected chi connectivity index (χ3v) is 6.73. The minimum Gasteiger partial charge on any atom is -0.383 e. The van der Waals surface area contributed by atoms with Gasteiger partial charge in [-0.05, 0) is 59.5 Å². The van der Waals surface area contributed by atoms with Gasteiger partial charge < -0.3 is 14.6 Å². The molecule has 182 valence electrons. The van der Waals surface area contributed by atoms with Crippen molar-refractivity contribution >= 4 is 16.6 Å². The van der Waals surface area contributed by atoms with E-state index in [4.69, 9.17) is 4.74 Å². The second kappa shape index (κ2) is 9.97. The first kappa shape index (κ1) is 23.2. The fraction of sp³-hybridized carbons (Fsp3) is 0.385. The predicted octanol–water partition coefficient (Wildman–Crippen LogP) is 2.69. The summed E-state index contributed by atoms with van der Waals surface area (Å²) in [6.07, 6.45) is 0. The molecule has 1 aliphatic rings. The van der Waals surface area contributed by atoms with Gasteiger partial charge in [-0.25, -0.2) is 4.68 Å². The smallest absolute Gasteiger partial charge is 0.253 e. The summed E-state index contributed by atoms with van der Waals surface area (Å²) in [4.78, 5) is 21.3. The maximum atomic E-state index is 13.5. The molecule has 0 aliphatic carbocycles. The summed E-state index contributed by atoms with van der Waals surface area (Å²) < 4.78 is 7.02. The van der Waals surface area contributed by atoms with Crippen LogP contribution in [0.3, 0.4) is 0 Å². The number of aryl methyl sites for hydroxylation is 2. The summed E-state index contributed by atoms with van der Waals surface area (Å²) in [5, 5.41) is 13.6. The zero-order chi connectivity index (χ0) is 24.4. The number of methoxy groups -OCH3 is 1. The largest absolute Gasteiger partial charge is 0.383 e. The normalized spacial score (nSPS) is 15.6. The average molecular weight is 474 g/mol. The Balaban J connectivity index is 1.55. The second-order valence-corrected chi connectivity index (χ2v) is 9.11. The van der Waals surface area contributed by atoms with Gasteiger partial charge in [0.2, 0.25) is 0 Å². The molecular weight excluding hydrogens is 442 g/mol. The highest BCUT2D eigenvalue weighted by Gasteiger charge is 2.32. The van der Waals surface area contributed by atoms with E-state index in [1.807, 2.05) is 19.1 Å². The van der Waals surface area contributed by atoms with E-state index in [0.29, 0.717) is 24.5 Å². The topological polar surface area (TPSA) is 92.2 Å². The molecule has 2 aromatic carbocycles. The lowest BCUT2D eigenvalue weighted by molar-refractivity contribution is 0.171. The number of hydrogen-bond acceptors (Lipinski definition) is 7. The van der Waals surface area contributed by atoms with E-state index in [9.17, 15) is 4.79 Å². The van der Waals surface area contributed by atoms with Crippen molar-refractivity contribution in [3.05, 3.63) is 81.4 Å². The van der Waals surface area contributed by atoms with Gasteiger partial charge in [-0.2, -0.15) is 0 Å². The Morgan fingerprint density at radius 3 is 2.57 bits per heavy atom. The fourth-order valence-corrected chi connectivity index (χ4v) is 5.03. The van der Waals surface area contributed by atoms with Crippen LogP contribution in [0, 0.1) is 13.8 Å². The first-order valence-electron chi connectivity index (χ1n) is 12.0. The number of nitrogens with one attached hydrogen (secondary N) is 1. The molecule has 3 heterocycles. The molecule has 0 saturated carbocycles. The lowest BCUT2D eigenvalue weighted by Gasteiger charge is -2.39. The summed E-state index contributed by atoms with van der Waals surface area (Å²) in [6.45, 7) is 8.36. The summed E-state index contributed by atoms with van der Waals surface area (Å²) in [5.41, 5.74) is 4.84. The number of anilines is 1. The average Bonchev–Trinajstić information content (AvgIpc) is 3.33. The SMILES string of the molecule is COCCn1nnnc1C(c1cc2cc(C)cc(C)c2[nH]c1=O)N1CCN(c2ccccc2)CC1. The van der Waals surface area contributed by atoms with E-state index < -0.39 is 0 Å². The molecule has 0 spiro atoms. The number of piperazine rings is 1. The van der Waals surface area contributed by atoms with Gasteiger partial charge in [0.05, 0.1) is 18.7 Å². The van der Waals surface area contributed by atoms with Crippen LogP contribution in [-0.2, 0) is 11.3 Å². The first-order chi connectivity index (χ1) is 17.0. The molecule has 1 N–H and O–H groups in total. The Labute approximate surface area is 204 Å². The molecule has 4 aromatic rings. The highest BCUT2D eigenvalue weighted by molar-refractivity contribution is 5.83. The second-order valence-electron chi connectivity index (χ2n) is 9.11. The van der Waals surface area contributed by atoms with Crippen molar-refractivity contribution in [1.82, 2.24) is 30.1 Å². The number of tetrazole rings is 1. The Morgan fingerprint density at radius 2 is 1.83 bits per heavy atom.